The van der Waals surface area contributed by atoms with Crippen molar-refractivity contribution in [2.24, 2.45) is 0 Å². The first kappa shape index (κ1) is 15.0. The fourth-order valence-electron chi connectivity index (χ4n) is 2.54. The number of hydrogen-bond donors (Lipinski definition) is 1. The molecular weight excluding hydrogens is 319 g/mol. The number of hydrogen-bond acceptors (Lipinski definition) is 3. The van der Waals surface area contributed by atoms with Crippen molar-refractivity contribution in [3.63, 3.8) is 0 Å². The Morgan fingerprint density at radius 2 is 1.92 bits per heavy atom. The number of pyridine rings is 2. The van der Waals surface area contributed by atoms with Crippen LogP contribution < -0.4 is 5.32 Å². The van der Waals surface area contributed by atoms with Gasteiger partial charge < -0.3 is 5.32 Å². The van der Waals surface area contributed by atoms with E-state index in [1.165, 1.54) is 12.3 Å². The lowest BCUT2D eigenvalue weighted by Gasteiger charge is -2.06. The number of halogens is 1. The zero-order valence-corrected chi connectivity index (χ0v) is 13.1. The summed E-state index contributed by atoms with van der Waals surface area (Å²) < 4.78 is 15.3. The maximum atomic E-state index is 13.6. The summed E-state index contributed by atoms with van der Waals surface area (Å²) in [6.45, 7) is 0. The quantitative estimate of drug-likeness (QED) is 0.621. The number of nitrogens with one attached hydrogen (secondary N) is 1. The molecule has 3 aromatic heterocycles. The summed E-state index contributed by atoms with van der Waals surface area (Å²) in [5, 5.41) is 7.04. The summed E-state index contributed by atoms with van der Waals surface area (Å²) in [5.41, 5.74) is 3.15. The highest BCUT2D eigenvalue weighted by molar-refractivity contribution is 6.04. The SMILES string of the molecule is O=C(Nc1ccncc1F)c1ccc2cc(-c3ccccc3)nn2c1. The van der Waals surface area contributed by atoms with E-state index in [1.807, 2.05) is 36.4 Å². The van der Waals surface area contributed by atoms with Crippen LogP contribution >= 0.6 is 0 Å². The number of amides is 1. The van der Waals surface area contributed by atoms with Crippen LogP contribution in [0, 0.1) is 5.82 Å². The van der Waals surface area contributed by atoms with Crippen LogP contribution in [0.2, 0.25) is 0 Å². The minimum absolute atomic E-state index is 0.0885. The summed E-state index contributed by atoms with van der Waals surface area (Å²) in [5.74, 6) is -0.994. The van der Waals surface area contributed by atoms with Gasteiger partial charge in [-0.3, -0.25) is 9.78 Å². The molecule has 25 heavy (non-hydrogen) atoms. The third kappa shape index (κ3) is 2.97. The molecule has 6 heteroatoms. The number of carbonyl (C=O) groups excluding carboxylic acids is 1. The minimum Gasteiger partial charge on any atom is -0.319 e. The number of rotatable bonds is 3. The van der Waals surface area contributed by atoms with Crippen LogP contribution in [0.15, 0.2) is 73.2 Å². The Bertz CT molecular complexity index is 1060. The molecule has 0 aliphatic rings. The van der Waals surface area contributed by atoms with Crippen LogP contribution in [-0.4, -0.2) is 20.5 Å². The Hall–Kier alpha value is -3.54. The minimum atomic E-state index is -0.581. The largest absolute Gasteiger partial charge is 0.319 e. The third-order valence-corrected chi connectivity index (χ3v) is 3.81. The second-order valence-electron chi connectivity index (χ2n) is 5.49. The fraction of sp³-hybridized carbons (Fsp3) is 0. The molecule has 0 radical (unpaired) electrons. The molecule has 0 saturated carbocycles. The number of benzene rings is 1. The van der Waals surface area contributed by atoms with Crippen molar-refractivity contribution in [2.75, 3.05) is 5.32 Å². The zero-order chi connectivity index (χ0) is 17.2. The second kappa shape index (κ2) is 6.16. The monoisotopic (exact) mass is 332 g/mol. The first-order valence-corrected chi connectivity index (χ1v) is 7.66. The molecule has 1 N–H and O–H groups in total. The Labute approximate surface area is 142 Å². The van der Waals surface area contributed by atoms with Gasteiger partial charge in [0.15, 0.2) is 5.82 Å². The molecule has 5 nitrogen and oxygen atoms in total. The topological polar surface area (TPSA) is 59.3 Å². The number of fused-ring (bicyclic) bond motifs is 1. The van der Waals surface area contributed by atoms with Crippen LogP contribution in [0.25, 0.3) is 16.8 Å². The van der Waals surface area contributed by atoms with Crippen LogP contribution in [-0.2, 0) is 0 Å². The smallest absolute Gasteiger partial charge is 0.257 e. The highest BCUT2D eigenvalue weighted by Gasteiger charge is 2.11. The Kier molecular flexibility index (Phi) is 3.70. The maximum absolute atomic E-state index is 13.6. The normalized spacial score (nSPS) is 10.8. The van der Waals surface area contributed by atoms with Gasteiger partial charge in [-0.05, 0) is 24.3 Å². The van der Waals surface area contributed by atoms with Gasteiger partial charge in [-0.25, -0.2) is 8.91 Å². The molecule has 4 aromatic rings. The van der Waals surface area contributed by atoms with E-state index in [0.29, 0.717) is 5.56 Å². The van der Waals surface area contributed by atoms with Gasteiger partial charge in [-0.2, -0.15) is 5.10 Å². The fourth-order valence-corrected chi connectivity index (χ4v) is 2.54. The van der Waals surface area contributed by atoms with Crippen molar-refractivity contribution in [3.8, 4) is 11.3 Å². The lowest BCUT2D eigenvalue weighted by atomic mass is 10.1. The standard InChI is InChI=1S/C19H13FN4O/c20-16-11-21-9-8-17(16)22-19(25)14-6-7-15-10-18(23-24(15)12-14)13-4-2-1-3-5-13/h1-12H,(H,21,22,25). The molecule has 0 bridgehead atoms. The van der Waals surface area contributed by atoms with Crippen LogP contribution in [0.4, 0.5) is 10.1 Å². The van der Waals surface area contributed by atoms with Crippen LogP contribution in [0.5, 0.6) is 0 Å². The van der Waals surface area contributed by atoms with E-state index >= 15 is 0 Å². The van der Waals surface area contributed by atoms with Gasteiger partial charge in [0.2, 0.25) is 0 Å². The summed E-state index contributed by atoms with van der Waals surface area (Å²) in [4.78, 5) is 16.0. The number of carbonyl (C=O) groups is 1. The first-order valence-electron chi connectivity index (χ1n) is 7.66. The molecule has 0 spiro atoms. The molecular formula is C19H13FN4O. The lowest BCUT2D eigenvalue weighted by Crippen LogP contribution is -2.13. The summed E-state index contributed by atoms with van der Waals surface area (Å²) in [6, 6.07) is 16.6. The summed E-state index contributed by atoms with van der Waals surface area (Å²) >= 11 is 0. The predicted octanol–water partition coefficient (Wildman–Crippen LogP) is 3.79. The zero-order valence-electron chi connectivity index (χ0n) is 13.1. The molecule has 0 aliphatic carbocycles. The van der Waals surface area contributed by atoms with Gasteiger partial charge in [-0.15, -0.1) is 0 Å². The van der Waals surface area contributed by atoms with Gasteiger partial charge in [0.05, 0.1) is 28.7 Å². The first-order chi connectivity index (χ1) is 12.2. The molecule has 3 heterocycles. The van der Waals surface area contributed by atoms with Gasteiger partial charge >= 0.3 is 0 Å². The average Bonchev–Trinajstić information content (AvgIpc) is 3.07. The number of aromatic nitrogens is 3. The van der Waals surface area contributed by atoms with E-state index in [1.54, 1.807) is 22.8 Å². The van der Waals surface area contributed by atoms with Crippen molar-refractivity contribution >= 4 is 17.1 Å². The van der Waals surface area contributed by atoms with Gasteiger partial charge in [-0.1, -0.05) is 30.3 Å². The van der Waals surface area contributed by atoms with Crippen LogP contribution in [0.3, 0.4) is 0 Å². The maximum Gasteiger partial charge on any atom is 0.257 e. The van der Waals surface area contributed by atoms with Crippen molar-refractivity contribution in [2.45, 2.75) is 0 Å². The molecule has 1 aromatic carbocycles. The van der Waals surface area contributed by atoms with Gasteiger partial charge in [0.25, 0.3) is 5.91 Å². The molecule has 122 valence electrons. The van der Waals surface area contributed by atoms with Crippen molar-refractivity contribution in [3.05, 3.63) is 84.6 Å². The molecule has 4 rings (SSSR count). The summed E-state index contributed by atoms with van der Waals surface area (Å²) in [6.07, 6.45) is 4.09. The Balaban J connectivity index is 1.65. The molecule has 1 amide bonds. The molecule has 0 unspecified atom stereocenters. The van der Waals surface area contributed by atoms with E-state index in [2.05, 4.69) is 15.4 Å². The van der Waals surface area contributed by atoms with E-state index in [0.717, 1.165) is 23.0 Å². The summed E-state index contributed by atoms with van der Waals surface area (Å²) in [7, 11) is 0. The average molecular weight is 332 g/mol. The van der Waals surface area contributed by atoms with Crippen molar-refractivity contribution in [1.29, 1.82) is 0 Å². The van der Waals surface area contributed by atoms with E-state index in [4.69, 9.17) is 0 Å². The molecule has 0 fully saturated rings. The number of anilines is 1. The second-order valence-corrected chi connectivity index (χ2v) is 5.49. The number of nitrogens with zero attached hydrogens (tertiary/aromatic N) is 3. The van der Waals surface area contributed by atoms with Crippen molar-refractivity contribution < 1.29 is 9.18 Å². The molecule has 0 saturated heterocycles. The molecule has 0 atom stereocenters. The van der Waals surface area contributed by atoms with E-state index in [9.17, 15) is 9.18 Å². The van der Waals surface area contributed by atoms with Gasteiger partial charge in [0.1, 0.15) is 0 Å². The van der Waals surface area contributed by atoms with E-state index in [-0.39, 0.29) is 5.69 Å². The predicted molar refractivity (Wildman–Crippen MR) is 92.8 cm³/mol. The highest BCUT2D eigenvalue weighted by atomic mass is 19.1. The van der Waals surface area contributed by atoms with Crippen LogP contribution in [0.1, 0.15) is 10.4 Å². The van der Waals surface area contributed by atoms with Crippen molar-refractivity contribution in [1.82, 2.24) is 14.6 Å². The van der Waals surface area contributed by atoms with E-state index < -0.39 is 11.7 Å². The third-order valence-electron chi connectivity index (χ3n) is 3.81. The Morgan fingerprint density at radius 1 is 1.08 bits per heavy atom. The molecule has 0 aliphatic heterocycles. The lowest BCUT2D eigenvalue weighted by molar-refractivity contribution is 0.102. The Morgan fingerprint density at radius 3 is 2.72 bits per heavy atom. The highest BCUT2D eigenvalue weighted by Crippen LogP contribution is 2.20. The van der Waals surface area contributed by atoms with Gasteiger partial charge in [0, 0.05) is 18.0 Å².